The first-order valence-corrected chi connectivity index (χ1v) is 7.35. The Kier molecular flexibility index (Phi) is 4.62. The van der Waals surface area contributed by atoms with Gasteiger partial charge in [-0.25, -0.2) is 9.97 Å². The van der Waals surface area contributed by atoms with E-state index in [0.717, 1.165) is 11.4 Å². The van der Waals surface area contributed by atoms with Crippen LogP contribution in [0.5, 0.6) is 0 Å². The molecular formula is C17H16N6O. The Balaban J connectivity index is 1.69. The summed E-state index contributed by atoms with van der Waals surface area (Å²) in [7, 11) is 0. The van der Waals surface area contributed by atoms with Crippen LogP contribution in [0.1, 0.15) is 6.92 Å². The quantitative estimate of drug-likeness (QED) is 0.668. The van der Waals surface area contributed by atoms with Crippen LogP contribution < -0.4 is 16.0 Å². The van der Waals surface area contributed by atoms with Gasteiger partial charge in [-0.05, 0) is 42.5 Å². The molecule has 3 aromatic rings. The number of nitrogens with zero attached hydrogens (tertiary/aromatic N) is 3. The maximum absolute atomic E-state index is 11.0. The smallest absolute Gasteiger partial charge is 0.230 e. The van der Waals surface area contributed by atoms with E-state index in [1.807, 2.05) is 42.5 Å². The van der Waals surface area contributed by atoms with Gasteiger partial charge in [-0.3, -0.25) is 4.79 Å². The van der Waals surface area contributed by atoms with Crippen molar-refractivity contribution in [3.8, 4) is 0 Å². The van der Waals surface area contributed by atoms with Gasteiger partial charge in [0.05, 0.1) is 0 Å². The van der Waals surface area contributed by atoms with Crippen molar-refractivity contribution in [2.24, 2.45) is 0 Å². The predicted octanol–water partition coefficient (Wildman–Crippen LogP) is 3.32. The monoisotopic (exact) mass is 320 g/mol. The van der Waals surface area contributed by atoms with Crippen LogP contribution in [0.3, 0.4) is 0 Å². The molecule has 0 fully saturated rings. The largest absolute Gasteiger partial charge is 0.340 e. The highest BCUT2D eigenvalue weighted by atomic mass is 16.1. The second-order valence-electron chi connectivity index (χ2n) is 4.99. The third-order valence-electron chi connectivity index (χ3n) is 3.04. The number of amides is 1. The molecule has 2 heterocycles. The second kappa shape index (κ2) is 7.19. The van der Waals surface area contributed by atoms with Crippen LogP contribution in [0, 0.1) is 0 Å². The molecular weight excluding hydrogens is 304 g/mol. The van der Waals surface area contributed by atoms with Gasteiger partial charge >= 0.3 is 0 Å². The zero-order valence-corrected chi connectivity index (χ0v) is 13.0. The Labute approximate surface area is 139 Å². The van der Waals surface area contributed by atoms with Gasteiger partial charge in [0.1, 0.15) is 11.6 Å². The standard InChI is InChI=1S/C17H16N6O/c1-12(24)20-13-5-7-14(8-6-13)21-16-9-11-19-17(23-16)22-15-4-2-3-10-18-15/h2-11H,1H3,(H,20,24)(H2,18,19,21,22,23). The molecule has 1 amide bonds. The summed E-state index contributed by atoms with van der Waals surface area (Å²) < 4.78 is 0. The molecule has 0 saturated carbocycles. The summed E-state index contributed by atoms with van der Waals surface area (Å²) in [6, 6.07) is 14.7. The fraction of sp³-hybridized carbons (Fsp3) is 0.0588. The van der Waals surface area contributed by atoms with E-state index < -0.39 is 0 Å². The van der Waals surface area contributed by atoms with E-state index in [4.69, 9.17) is 0 Å². The molecule has 0 aliphatic heterocycles. The van der Waals surface area contributed by atoms with Crippen molar-refractivity contribution >= 4 is 34.9 Å². The lowest BCUT2D eigenvalue weighted by Crippen LogP contribution is -2.05. The molecule has 0 unspecified atom stereocenters. The number of carbonyl (C=O) groups excluding carboxylic acids is 1. The number of hydrogen-bond acceptors (Lipinski definition) is 6. The molecule has 0 bridgehead atoms. The summed E-state index contributed by atoms with van der Waals surface area (Å²) in [5.41, 5.74) is 1.60. The van der Waals surface area contributed by atoms with Gasteiger partial charge in [0.2, 0.25) is 11.9 Å². The third-order valence-corrected chi connectivity index (χ3v) is 3.04. The van der Waals surface area contributed by atoms with Crippen LogP contribution in [-0.4, -0.2) is 20.9 Å². The normalized spacial score (nSPS) is 10.0. The minimum atomic E-state index is -0.100. The highest BCUT2D eigenvalue weighted by molar-refractivity contribution is 5.88. The fourth-order valence-electron chi connectivity index (χ4n) is 2.03. The maximum atomic E-state index is 11.0. The summed E-state index contributed by atoms with van der Waals surface area (Å²) in [6.45, 7) is 1.48. The predicted molar refractivity (Wildman–Crippen MR) is 93.6 cm³/mol. The number of rotatable bonds is 5. The summed E-state index contributed by atoms with van der Waals surface area (Å²) >= 11 is 0. The summed E-state index contributed by atoms with van der Waals surface area (Å²) in [6.07, 6.45) is 3.35. The molecule has 0 aliphatic carbocycles. The fourth-order valence-corrected chi connectivity index (χ4v) is 2.03. The number of pyridine rings is 1. The van der Waals surface area contributed by atoms with Gasteiger partial charge in [0.15, 0.2) is 0 Å². The van der Waals surface area contributed by atoms with Gasteiger partial charge in [-0.2, -0.15) is 4.98 Å². The summed E-state index contributed by atoms with van der Waals surface area (Å²) in [5.74, 6) is 1.68. The van der Waals surface area contributed by atoms with E-state index in [2.05, 4.69) is 30.9 Å². The first-order valence-electron chi connectivity index (χ1n) is 7.35. The molecule has 120 valence electrons. The van der Waals surface area contributed by atoms with Crippen molar-refractivity contribution in [1.82, 2.24) is 15.0 Å². The molecule has 0 atom stereocenters. The molecule has 3 N–H and O–H groups in total. The number of carbonyl (C=O) groups is 1. The molecule has 0 saturated heterocycles. The van der Waals surface area contributed by atoms with Crippen molar-refractivity contribution in [2.75, 3.05) is 16.0 Å². The van der Waals surface area contributed by atoms with Crippen molar-refractivity contribution in [3.05, 3.63) is 60.9 Å². The molecule has 7 nitrogen and oxygen atoms in total. The number of nitrogens with one attached hydrogen (secondary N) is 3. The number of benzene rings is 1. The van der Waals surface area contributed by atoms with Crippen LogP contribution in [0.2, 0.25) is 0 Å². The van der Waals surface area contributed by atoms with E-state index >= 15 is 0 Å². The van der Waals surface area contributed by atoms with Crippen LogP contribution in [0.25, 0.3) is 0 Å². The van der Waals surface area contributed by atoms with Crippen molar-refractivity contribution in [3.63, 3.8) is 0 Å². The Morgan fingerprint density at radius 2 is 1.62 bits per heavy atom. The van der Waals surface area contributed by atoms with E-state index in [-0.39, 0.29) is 5.91 Å². The molecule has 3 rings (SSSR count). The van der Waals surface area contributed by atoms with Crippen molar-refractivity contribution in [2.45, 2.75) is 6.92 Å². The number of hydrogen-bond donors (Lipinski definition) is 3. The molecule has 2 aromatic heterocycles. The average Bonchev–Trinajstić information content (AvgIpc) is 2.57. The molecule has 7 heteroatoms. The number of aromatic nitrogens is 3. The zero-order valence-electron chi connectivity index (χ0n) is 13.0. The van der Waals surface area contributed by atoms with Crippen LogP contribution in [0.4, 0.5) is 29.0 Å². The van der Waals surface area contributed by atoms with Gasteiger partial charge in [0.25, 0.3) is 0 Å². The second-order valence-corrected chi connectivity index (χ2v) is 4.99. The highest BCUT2D eigenvalue weighted by Crippen LogP contribution is 2.18. The molecule has 24 heavy (non-hydrogen) atoms. The van der Waals surface area contributed by atoms with E-state index in [9.17, 15) is 4.79 Å². The molecule has 0 spiro atoms. The van der Waals surface area contributed by atoms with Gasteiger partial charge in [0, 0.05) is 30.7 Å². The maximum Gasteiger partial charge on any atom is 0.230 e. The highest BCUT2D eigenvalue weighted by Gasteiger charge is 2.02. The SMILES string of the molecule is CC(=O)Nc1ccc(Nc2ccnc(Nc3ccccn3)n2)cc1. The minimum Gasteiger partial charge on any atom is -0.340 e. The lowest BCUT2D eigenvalue weighted by atomic mass is 10.2. The third kappa shape index (κ3) is 4.26. The molecule has 0 radical (unpaired) electrons. The Hall–Kier alpha value is -3.48. The number of anilines is 5. The Bertz CT molecular complexity index is 820. The summed E-state index contributed by atoms with van der Waals surface area (Å²) in [5, 5.41) is 8.95. The zero-order chi connectivity index (χ0) is 16.8. The minimum absolute atomic E-state index is 0.100. The first-order chi connectivity index (χ1) is 11.7. The summed E-state index contributed by atoms with van der Waals surface area (Å²) in [4.78, 5) is 23.8. The van der Waals surface area contributed by atoms with Crippen LogP contribution in [0.15, 0.2) is 60.9 Å². The lowest BCUT2D eigenvalue weighted by molar-refractivity contribution is -0.114. The van der Waals surface area contributed by atoms with Crippen LogP contribution in [-0.2, 0) is 4.79 Å². The Morgan fingerprint density at radius 3 is 2.33 bits per heavy atom. The average molecular weight is 320 g/mol. The van der Waals surface area contributed by atoms with E-state index in [1.54, 1.807) is 18.5 Å². The van der Waals surface area contributed by atoms with Gasteiger partial charge in [-0.1, -0.05) is 6.07 Å². The van der Waals surface area contributed by atoms with Crippen molar-refractivity contribution < 1.29 is 4.79 Å². The van der Waals surface area contributed by atoms with Gasteiger partial charge in [-0.15, -0.1) is 0 Å². The lowest BCUT2D eigenvalue weighted by Gasteiger charge is -2.09. The first kappa shape index (κ1) is 15.4. The van der Waals surface area contributed by atoms with E-state index in [1.165, 1.54) is 6.92 Å². The Morgan fingerprint density at radius 1 is 0.833 bits per heavy atom. The molecule has 1 aromatic carbocycles. The van der Waals surface area contributed by atoms with Crippen LogP contribution >= 0.6 is 0 Å². The topological polar surface area (TPSA) is 91.8 Å². The van der Waals surface area contributed by atoms with E-state index in [0.29, 0.717) is 17.6 Å². The molecule has 0 aliphatic rings. The van der Waals surface area contributed by atoms with Gasteiger partial charge < -0.3 is 16.0 Å². The van der Waals surface area contributed by atoms with Crippen molar-refractivity contribution in [1.29, 1.82) is 0 Å².